The van der Waals surface area contributed by atoms with Crippen LogP contribution in [0.5, 0.6) is 0 Å². The summed E-state index contributed by atoms with van der Waals surface area (Å²) >= 11 is 3.39. The van der Waals surface area contributed by atoms with Crippen molar-refractivity contribution in [2.75, 3.05) is 40.6 Å². The normalized spacial score (nSPS) is 16.7. The second kappa shape index (κ2) is 18.8. The van der Waals surface area contributed by atoms with Crippen LogP contribution < -0.4 is 0 Å². The Bertz CT molecular complexity index is 2650. The van der Waals surface area contributed by atoms with Crippen molar-refractivity contribution in [2.45, 2.75) is 51.7 Å². The molecule has 3 aliphatic rings. The third-order valence-electron chi connectivity index (χ3n) is 10.7. The fourth-order valence-corrected chi connectivity index (χ4v) is 7.09. The lowest BCUT2D eigenvalue weighted by Gasteiger charge is -2.32. The van der Waals surface area contributed by atoms with E-state index in [-0.39, 0.29) is 41.3 Å². The predicted molar refractivity (Wildman–Crippen MR) is 230 cm³/mol. The van der Waals surface area contributed by atoms with Gasteiger partial charge < -0.3 is 28.3 Å². The molecule has 0 amide bonds. The largest absolute Gasteiger partial charge is 0.490 e. The third-order valence-corrected chi connectivity index (χ3v) is 11.3. The maximum Gasteiger partial charge on any atom is 0.490 e. The second-order valence-corrected chi connectivity index (χ2v) is 16.2. The molecule has 14 nitrogen and oxygen atoms in total. The number of carbonyl (C=O) groups excluding carboxylic acids is 2. The molecule has 0 bridgehead atoms. The summed E-state index contributed by atoms with van der Waals surface area (Å²) < 4.78 is 61.9. The van der Waals surface area contributed by atoms with Crippen molar-refractivity contribution in [1.29, 1.82) is 0 Å². The molecule has 0 unspecified atom stereocenters. The minimum absolute atomic E-state index is 0.168. The molecule has 0 aliphatic carbocycles. The van der Waals surface area contributed by atoms with Gasteiger partial charge in [-0.1, -0.05) is 12.2 Å². The maximum absolute atomic E-state index is 13.2. The van der Waals surface area contributed by atoms with Gasteiger partial charge in [0, 0.05) is 16.7 Å². The van der Waals surface area contributed by atoms with Crippen LogP contribution in [0.15, 0.2) is 95.2 Å². The number of carbonyl (C=O) groups is 2. The quantitative estimate of drug-likeness (QED) is 0.117. The molecule has 4 aromatic heterocycles. The molecule has 0 N–H and O–H groups in total. The number of rotatable bonds is 6. The Balaban J connectivity index is 0.000000145. The number of ether oxygens (including phenoxy) is 4. The summed E-state index contributed by atoms with van der Waals surface area (Å²) in [6.45, 7) is 10.9. The van der Waals surface area contributed by atoms with Gasteiger partial charge in [0.05, 0.1) is 80.1 Å². The Morgan fingerprint density at radius 1 is 0.710 bits per heavy atom. The van der Waals surface area contributed by atoms with Crippen molar-refractivity contribution >= 4 is 51.9 Å². The van der Waals surface area contributed by atoms with Crippen LogP contribution in [-0.2, 0) is 28.3 Å². The first-order valence-corrected chi connectivity index (χ1v) is 20.5. The molecule has 1 saturated heterocycles. The van der Waals surface area contributed by atoms with E-state index in [1.807, 2.05) is 12.1 Å². The zero-order valence-corrected chi connectivity index (χ0v) is 36.6. The summed E-state index contributed by atoms with van der Waals surface area (Å²) in [5, 5.41) is 8.90. The molecule has 0 atom stereocenters. The van der Waals surface area contributed by atoms with Crippen LogP contribution >= 0.6 is 15.9 Å². The number of aromatic nitrogens is 6. The lowest BCUT2D eigenvalue weighted by atomic mass is 9.75. The van der Waals surface area contributed by atoms with Crippen LogP contribution in [-0.4, -0.2) is 100 Å². The first-order valence-electron chi connectivity index (χ1n) is 19.7. The molecule has 0 radical (unpaired) electrons. The van der Waals surface area contributed by atoms with Crippen molar-refractivity contribution in [3.05, 3.63) is 124 Å². The van der Waals surface area contributed by atoms with Crippen LogP contribution in [0.3, 0.4) is 0 Å². The van der Waals surface area contributed by atoms with Crippen LogP contribution in [0, 0.1) is 11.6 Å². The molecule has 0 spiro atoms. The van der Waals surface area contributed by atoms with E-state index < -0.39 is 11.9 Å². The topological polar surface area (TPSA) is 150 Å². The number of imidazole rings is 2. The Labute approximate surface area is 365 Å². The van der Waals surface area contributed by atoms with E-state index >= 15 is 0 Å². The first-order chi connectivity index (χ1) is 29.7. The van der Waals surface area contributed by atoms with Gasteiger partial charge in [0.25, 0.3) is 0 Å². The SMILES string of the molecule is CC1(C)OB(C2=CCOCC2)OC1(C)C.COC(=O)c1cn2nc(-c3ccc(F)cc3)cc(Br)c2n1.COC(=O)c1cn2nc(-c3ccc(F)cc3)cc(C3=CCOCC3)c2n1. The number of nitrogens with zero attached hydrogens (tertiary/aromatic N) is 6. The third kappa shape index (κ3) is 9.84. The molecule has 7 heterocycles. The number of hydrogen-bond acceptors (Lipinski definition) is 12. The van der Waals surface area contributed by atoms with Gasteiger partial charge in [0.15, 0.2) is 22.7 Å². The number of fused-ring (bicyclic) bond motifs is 2. The number of benzene rings is 2. The predicted octanol–water partition coefficient (Wildman–Crippen LogP) is 8.17. The van der Waals surface area contributed by atoms with Gasteiger partial charge >= 0.3 is 19.1 Å². The van der Waals surface area contributed by atoms with Crippen LogP contribution in [0.2, 0.25) is 0 Å². The van der Waals surface area contributed by atoms with Gasteiger partial charge in [-0.3, -0.25) is 0 Å². The average Bonchev–Trinajstić information content (AvgIpc) is 3.98. The molecule has 18 heteroatoms. The van der Waals surface area contributed by atoms with E-state index in [2.05, 4.69) is 74.6 Å². The van der Waals surface area contributed by atoms with Crippen molar-refractivity contribution in [3.8, 4) is 22.5 Å². The fourth-order valence-electron chi connectivity index (χ4n) is 6.60. The monoisotopic (exact) mass is 912 g/mol. The first kappa shape index (κ1) is 44.4. The zero-order valence-electron chi connectivity index (χ0n) is 35.0. The highest BCUT2D eigenvalue weighted by molar-refractivity contribution is 9.10. The Kier molecular flexibility index (Phi) is 13.4. The van der Waals surface area contributed by atoms with Gasteiger partial charge in [-0.2, -0.15) is 10.2 Å². The summed E-state index contributed by atoms with van der Waals surface area (Å²) in [4.78, 5) is 31.9. The highest BCUT2D eigenvalue weighted by atomic mass is 79.9. The average molecular weight is 914 g/mol. The van der Waals surface area contributed by atoms with E-state index in [0.29, 0.717) is 47.0 Å². The second-order valence-electron chi connectivity index (χ2n) is 15.4. The molecule has 0 saturated carbocycles. The van der Waals surface area contributed by atoms with Crippen LogP contribution in [0.4, 0.5) is 8.78 Å². The molecule has 3 aliphatic heterocycles. The van der Waals surface area contributed by atoms with Crippen LogP contribution in [0.1, 0.15) is 67.1 Å². The summed E-state index contributed by atoms with van der Waals surface area (Å²) in [6.07, 6.45) is 8.75. The van der Waals surface area contributed by atoms with Crippen molar-refractivity contribution < 1.29 is 46.6 Å². The van der Waals surface area contributed by atoms with Gasteiger partial charge in [-0.25, -0.2) is 37.4 Å². The van der Waals surface area contributed by atoms with E-state index in [4.69, 9.17) is 23.5 Å². The molecule has 6 aromatic rings. The van der Waals surface area contributed by atoms with E-state index in [9.17, 15) is 18.4 Å². The number of hydrogen-bond donors (Lipinski definition) is 0. The molecule has 2 aromatic carbocycles. The summed E-state index contributed by atoms with van der Waals surface area (Å²) in [7, 11) is 2.42. The molecular weight excluding hydrogens is 869 g/mol. The van der Waals surface area contributed by atoms with Crippen molar-refractivity contribution in [2.24, 2.45) is 0 Å². The lowest BCUT2D eigenvalue weighted by Crippen LogP contribution is -2.41. The zero-order chi connectivity index (χ0) is 44.2. The lowest BCUT2D eigenvalue weighted by molar-refractivity contribution is 0.00578. The summed E-state index contributed by atoms with van der Waals surface area (Å²) in [5.41, 5.74) is 6.94. The maximum atomic E-state index is 13.2. The van der Waals surface area contributed by atoms with E-state index in [0.717, 1.165) is 41.7 Å². The highest BCUT2D eigenvalue weighted by Crippen LogP contribution is 2.39. The molecular formula is C44H44BBrF2N6O8. The summed E-state index contributed by atoms with van der Waals surface area (Å²) in [5.74, 6) is -1.67. The Morgan fingerprint density at radius 3 is 1.68 bits per heavy atom. The van der Waals surface area contributed by atoms with Gasteiger partial charge in [-0.05, 0) is 128 Å². The standard InChI is InChI=1S/C19H16FN3O3.C14H9BrFN3O2.C11H19BO3/c1-25-19(24)17-11-23-18(21-17)15(12-6-8-26-9-7-12)10-16(22-23)13-2-4-14(20)5-3-13;1-21-14(20)12-7-19-13(17-12)10(15)6-11(18-19)8-2-4-9(16)5-3-8;1-10(2)11(3,4)15-12(14-10)9-5-7-13-8-6-9/h2-6,10-11H,7-9H2,1H3;2-7H,1H3;5H,6-8H2,1-4H3. The highest BCUT2D eigenvalue weighted by Gasteiger charge is 2.52. The van der Waals surface area contributed by atoms with Gasteiger partial charge in [-0.15, -0.1) is 0 Å². The number of methoxy groups -OCH3 is 2. The van der Waals surface area contributed by atoms with E-state index in [1.165, 1.54) is 60.9 Å². The fraction of sp³-hybridized carbons (Fsp3) is 0.318. The van der Waals surface area contributed by atoms with Crippen LogP contribution in [0.25, 0.3) is 39.4 Å². The molecule has 1 fully saturated rings. The number of esters is 2. The van der Waals surface area contributed by atoms with E-state index in [1.54, 1.807) is 34.8 Å². The Morgan fingerprint density at radius 2 is 1.19 bits per heavy atom. The van der Waals surface area contributed by atoms with Gasteiger partial charge in [0.1, 0.15) is 11.6 Å². The van der Waals surface area contributed by atoms with Crippen molar-refractivity contribution in [3.63, 3.8) is 0 Å². The smallest absolute Gasteiger partial charge is 0.464 e. The Hall–Kier alpha value is -5.66. The summed E-state index contributed by atoms with van der Waals surface area (Å²) in [6, 6.07) is 15.8. The molecule has 322 valence electrons. The number of halogens is 3. The van der Waals surface area contributed by atoms with Gasteiger partial charge in [0.2, 0.25) is 0 Å². The minimum Gasteiger partial charge on any atom is -0.464 e. The molecule has 62 heavy (non-hydrogen) atoms. The van der Waals surface area contributed by atoms with Crippen molar-refractivity contribution in [1.82, 2.24) is 29.2 Å². The molecule has 9 rings (SSSR count). The minimum atomic E-state index is -0.532.